The third kappa shape index (κ3) is 3.11. The fourth-order valence-corrected chi connectivity index (χ4v) is 3.30. The molecule has 1 atom stereocenters. The second-order valence-corrected chi connectivity index (χ2v) is 6.44. The van der Waals surface area contributed by atoms with Crippen LogP contribution in [0, 0.1) is 18.6 Å². The number of likely N-dealkylation sites (tertiary alicyclic amines) is 1. The number of nitrogens with zero attached hydrogens (tertiary/aromatic N) is 1. The summed E-state index contributed by atoms with van der Waals surface area (Å²) in [5, 5.41) is 3.36. The average Bonchev–Trinajstić information content (AvgIpc) is 2.98. The molecule has 0 spiro atoms. The number of nitrogens with one attached hydrogen (secondary N) is 1. The fraction of sp³-hybridized carbons (Fsp3) is 0.647. The van der Waals surface area contributed by atoms with Crippen molar-refractivity contribution in [3.05, 3.63) is 34.9 Å². The molecule has 1 N–H and O–H groups in total. The van der Waals surface area contributed by atoms with Crippen LogP contribution in [-0.2, 0) is 0 Å². The van der Waals surface area contributed by atoms with E-state index in [0.29, 0.717) is 11.1 Å². The Morgan fingerprint density at radius 3 is 2.38 bits per heavy atom. The van der Waals surface area contributed by atoms with Gasteiger partial charge in [0.15, 0.2) is 11.6 Å². The zero-order valence-corrected chi connectivity index (χ0v) is 13.5. The Kier molecular flexibility index (Phi) is 4.99. The van der Waals surface area contributed by atoms with Crippen molar-refractivity contribution in [3.63, 3.8) is 0 Å². The molecule has 1 heterocycles. The normalized spacial score (nSPS) is 18.2. The highest BCUT2D eigenvalue weighted by Gasteiger charge is 2.38. The largest absolute Gasteiger partial charge is 0.309 e. The summed E-state index contributed by atoms with van der Waals surface area (Å²) in [5.41, 5.74) is 0.525. The number of likely N-dealkylation sites (N-methyl/N-ethyl adjacent to an activating group) is 1. The first kappa shape index (κ1) is 16.4. The fourth-order valence-electron chi connectivity index (χ4n) is 3.30. The molecule has 1 unspecified atom stereocenters. The Bertz CT molecular complexity index is 494. The predicted octanol–water partition coefficient (Wildman–Crippen LogP) is 3.80. The van der Waals surface area contributed by atoms with E-state index in [-0.39, 0.29) is 11.6 Å². The second-order valence-electron chi connectivity index (χ2n) is 6.44. The van der Waals surface area contributed by atoms with Gasteiger partial charge in [0.25, 0.3) is 0 Å². The summed E-state index contributed by atoms with van der Waals surface area (Å²) >= 11 is 0. The number of hydrogen-bond donors (Lipinski definition) is 1. The molecule has 1 aromatic carbocycles. The Hall–Kier alpha value is -1.00. The van der Waals surface area contributed by atoms with Gasteiger partial charge in [0.2, 0.25) is 0 Å². The van der Waals surface area contributed by atoms with E-state index in [1.807, 2.05) is 6.92 Å². The molecule has 1 saturated heterocycles. The quantitative estimate of drug-likeness (QED) is 0.889. The standard InChI is InChI=1S/C17H26F2N2/c1-5-20-16(17(3,4)21-10-6-7-11-21)13-9-8-12(2)14(18)15(13)19/h8-9,16,20H,5-7,10-11H2,1-4H3. The van der Waals surface area contributed by atoms with Crippen LogP contribution >= 0.6 is 0 Å². The maximum absolute atomic E-state index is 14.4. The van der Waals surface area contributed by atoms with Crippen LogP contribution in [0.25, 0.3) is 0 Å². The van der Waals surface area contributed by atoms with Crippen molar-refractivity contribution in [1.29, 1.82) is 0 Å². The van der Waals surface area contributed by atoms with Crippen molar-refractivity contribution in [2.45, 2.75) is 52.1 Å². The molecule has 2 nitrogen and oxygen atoms in total. The number of halogens is 2. The summed E-state index contributed by atoms with van der Waals surface area (Å²) in [4.78, 5) is 2.37. The number of benzene rings is 1. The summed E-state index contributed by atoms with van der Waals surface area (Å²) in [7, 11) is 0. The van der Waals surface area contributed by atoms with Crippen LogP contribution in [0.2, 0.25) is 0 Å². The molecule has 118 valence electrons. The topological polar surface area (TPSA) is 15.3 Å². The third-order valence-corrected chi connectivity index (χ3v) is 4.65. The summed E-state index contributed by atoms with van der Waals surface area (Å²) in [6.45, 7) is 10.6. The van der Waals surface area contributed by atoms with Crippen LogP contribution in [0.3, 0.4) is 0 Å². The minimum Gasteiger partial charge on any atom is -0.309 e. The summed E-state index contributed by atoms with van der Waals surface area (Å²) in [5.74, 6) is -1.44. The molecule has 1 aliphatic heterocycles. The highest BCUT2D eigenvalue weighted by atomic mass is 19.2. The van der Waals surface area contributed by atoms with E-state index < -0.39 is 11.6 Å². The van der Waals surface area contributed by atoms with Gasteiger partial charge in [0, 0.05) is 11.1 Å². The number of rotatable bonds is 5. The highest BCUT2D eigenvalue weighted by Crippen LogP contribution is 2.35. The first-order valence-corrected chi connectivity index (χ1v) is 7.82. The van der Waals surface area contributed by atoms with Gasteiger partial charge in [-0.05, 0) is 58.8 Å². The number of aryl methyl sites for hydroxylation is 1. The minimum atomic E-state index is -0.729. The van der Waals surface area contributed by atoms with Crippen LogP contribution < -0.4 is 5.32 Å². The van der Waals surface area contributed by atoms with Crippen molar-refractivity contribution in [1.82, 2.24) is 10.2 Å². The summed E-state index contributed by atoms with van der Waals surface area (Å²) < 4.78 is 28.4. The first-order chi connectivity index (χ1) is 9.89. The zero-order valence-electron chi connectivity index (χ0n) is 13.5. The maximum Gasteiger partial charge on any atom is 0.163 e. The van der Waals surface area contributed by atoms with Crippen molar-refractivity contribution in [3.8, 4) is 0 Å². The summed E-state index contributed by atoms with van der Waals surface area (Å²) in [6, 6.07) is 3.16. The van der Waals surface area contributed by atoms with Crippen molar-refractivity contribution in [2.75, 3.05) is 19.6 Å². The molecule has 4 heteroatoms. The van der Waals surface area contributed by atoms with Gasteiger partial charge in [-0.1, -0.05) is 19.1 Å². The smallest absolute Gasteiger partial charge is 0.163 e. The summed E-state index contributed by atoms with van der Waals surface area (Å²) in [6.07, 6.45) is 2.35. The van der Waals surface area contributed by atoms with Crippen LogP contribution in [-0.4, -0.2) is 30.1 Å². The molecular formula is C17H26F2N2. The van der Waals surface area contributed by atoms with E-state index in [4.69, 9.17) is 0 Å². The molecule has 0 radical (unpaired) electrons. The van der Waals surface area contributed by atoms with Gasteiger partial charge in [0.1, 0.15) is 0 Å². The van der Waals surface area contributed by atoms with Crippen LogP contribution in [0.5, 0.6) is 0 Å². The van der Waals surface area contributed by atoms with Crippen molar-refractivity contribution in [2.24, 2.45) is 0 Å². The second kappa shape index (κ2) is 6.41. The van der Waals surface area contributed by atoms with E-state index in [1.54, 1.807) is 19.1 Å². The maximum atomic E-state index is 14.4. The van der Waals surface area contributed by atoms with Gasteiger partial charge in [-0.15, -0.1) is 0 Å². The SMILES string of the molecule is CCNC(c1ccc(C)c(F)c1F)C(C)(C)N1CCCC1. The lowest BCUT2D eigenvalue weighted by molar-refractivity contribution is 0.105. The van der Waals surface area contributed by atoms with Gasteiger partial charge < -0.3 is 5.32 Å². The van der Waals surface area contributed by atoms with Crippen molar-refractivity contribution >= 4 is 0 Å². The van der Waals surface area contributed by atoms with Gasteiger partial charge in [0.05, 0.1) is 6.04 Å². The van der Waals surface area contributed by atoms with Gasteiger partial charge in [-0.3, -0.25) is 4.90 Å². The van der Waals surface area contributed by atoms with Crippen LogP contribution in [0.1, 0.15) is 50.8 Å². The molecule has 0 aliphatic carbocycles. The van der Waals surface area contributed by atoms with Crippen LogP contribution in [0.4, 0.5) is 8.78 Å². The van der Waals surface area contributed by atoms with Crippen molar-refractivity contribution < 1.29 is 8.78 Å². The lowest BCUT2D eigenvalue weighted by Crippen LogP contribution is -2.51. The van der Waals surface area contributed by atoms with E-state index >= 15 is 0 Å². The molecule has 1 aromatic rings. The van der Waals surface area contributed by atoms with Gasteiger partial charge in [-0.2, -0.15) is 0 Å². The molecule has 1 aliphatic rings. The highest BCUT2D eigenvalue weighted by molar-refractivity contribution is 5.30. The number of hydrogen-bond acceptors (Lipinski definition) is 2. The van der Waals surface area contributed by atoms with E-state index in [2.05, 4.69) is 24.1 Å². The molecule has 0 aromatic heterocycles. The molecule has 0 bridgehead atoms. The van der Waals surface area contributed by atoms with Gasteiger partial charge >= 0.3 is 0 Å². The minimum absolute atomic E-state index is 0.226. The molecule has 2 rings (SSSR count). The first-order valence-electron chi connectivity index (χ1n) is 7.82. The molecule has 21 heavy (non-hydrogen) atoms. The Balaban J connectivity index is 2.41. The molecular weight excluding hydrogens is 270 g/mol. The van der Waals surface area contributed by atoms with E-state index in [0.717, 1.165) is 19.6 Å². The van der Waals surface area contributed by atoms with Gasteiger partial charge in [-0.25, -0.2) is 8.78 Å². The lowest BCUT2D eigenvalue weighted by atomic mass is 9.86. The Morgan fingerprint density at radius 2 is 1.81 bits per heavy atom. The molecule has 1 fully saturated rings. The van der Waals surface area contributed by atoms with E-state index in [1.165, 1.54) is 12.8 Å². The van der Waals surface area contributed by atoms with E-state index in [9.17, 15) is 8.78 Å². The average molecular weight is 296 g/mol. The Morgan fingerprint density at radius 1 is 1.19 bits per heavy atom. The monoisotopic (exact) mass is 296 g/mol. The Labute approximate surface area is 126 Å². The molecule has 0 amide bonds. The molecule has 0 saturated carbocycles. The third-order valence-electron chi connectivity index (χ3n) is 4.65. The van der Waals surface area contributed by atoms with Crippen LogP contribution in [0.15, 0.2) is 12.1 Å². The lowest BCUT2D eigenvalue weighted by Gasteiger charge is -2.43. The zero-order chi connectivity index (χ0) is 15.6. The predicted molar refractivity (Wildman–Crippen MR) is 82.4 cm³/mol.